The molecule has 0 aromatic heterocycles. The molecule has 0 fully saturated rings. The maximum Gasteiger partial charge on any atom is 0.168 e. The topological polar surface area (TPSA) is 64.7 Å². The summed E-state index contributed by atoms with van der Waals surface area (Å²) in [4.78, 5) is 11.8. The second-order valence-corrected chi connectivity index (χ2v) is 3.25. The number of carbonyl (C=O) groups is 1. The molecule has 0 saturated heterocycles. The molecule has 1 unspecified atom stereocenters. The van der Waals surface area contributed by atoms with E-state index >= 15 is 0 Å². The van der Waals surface area contributed by atoms with Crippen LogP contribution in [-0.2, 0) is 0 Å². The summed E-state index contributed by atoms with van der Waals surface area (Å²) in [6, 6.07) is 12.3. The zero-order valence-corrected chi connectivity index (χ0v) is 8.34. The largest absolute Gasteiger partial charge is 0.294 e. The van der Waals surface area contributed by atoms with Gasteiger partial charge in [0.05, 0.1) is 12.1 Å². The van der Waals surface area contributed by atoms with E-state index in [1.807, 2.05) is 18.2 Å². The Bertz CT molecular complexity index is 411. The van der Waals surface area contributed by atoms with Crippen molar-refractivity contribution >= 4 is 5.78 Å². The maximum absolute atomic E-state index is 11.8. The first-order valence-corrected chi connectivity index (χ1v) is 4.59. The van der Waals surface area contributed by atoms with Crippen molar-refractivity contribution in [1.29, 1.82) is 10.5 Å². The molecular formula is C12H10N2O. The number of ketones is 1. The Morgan fingerprint density at radius 3 is 2.20 bits per heavy atom. The van der Waals surface area contributed by atoms with Gasteiger partial charge < -0.3 is 0 Å². The second-order valence-electron chi connectivity index (χ2n) is 3.25. The van der Waals surface area contributed by atoms with Crippen LogP contribution in [0, 0.1) is 34.5 Å². The number of Topliss-reactive ketones (excluding diaryl/α,β-unsaturated/α-hetero) is 1. The van der Waals surface area contributed by atoms with Crippen LogP contribution in [-0.4, -0.2) is 5.78 Å². The fourth-order valence-corrected chi connectivity index (χ4v) is 1.27. The second kappa shape index (κ2) is 4.93. The Kier molecular flexibility index (Phi) is 3.60. The lowest BCUT2D eigenvalue weighted by atomic mass is 9.89. The van der Waals surface area contributed by atoms with Gasteiger partial charge in [-0.15, -0.1) is 0 Å². The summed E-state index contributed by atoms with van der Waals surface area (Å²) in [6.45, 7) is 1.60. The van der Waals surface area contributed by atoms with Crippen LogP contribution in [0.25, 0.3) is 0 Å². The number of hydrogen-bond donors (Lipinski definition) is 0. The van der Waals surface area contributed by atoms with E-state index in [2.05, 4.69) is 0 Å². The molecule has 1 atom stereocenters. The average molecular weight is 198 g/mol. The van der Waals surface area contributed by atoms with Gasteiger partial charge in [-0.3, -0.25) is 4.79 Å². The minimum Gasteiger partial charge on any atom is -0.294 e. The Balaban J connectivity index is 2.89. The average Bonchev–Trinajstić information content (AvgIpc) is 2.30. The van der Waals surface area contributed by atoms with Crippen LogP contribution in [0.3, 0.4) is 0 Å². The maximum atomic E-state index is 11.8. The number of nitrogens with zero attached hydrogens (tertiary/aromatic N) is 2. The van der Waals surface area contributed by atoms with Gasteiger partial charge in [-0.05, 0) is 0 Å². The third-order valence-electron chi connectivity index (χ3n) is 2.25. The van der Waals surface area contributed by atoms with Crippen LogP contribution >= 0.6 is 0 Å². The molecule has 0 N–H and O–H groups in total. The summed E-state index contributed by atoms with van der Waals surface area (Å²) in [7, 11) is 0. The van der Waals surface area contributed by atoms with Gasteiger partial charge >= 0.3 is 0 Å². The number of hydrogen-bond acceptors (Lipinski definition) is 3. The number of benzene rings is 1. The smallest absolute Gasteiger partial charge is 0.168 e. The van der Waals surface area contributed by atoms with Crippen LogP contribution in [0.15, 0.2) is 30.3 Å². The Hall–Kier alpha value is -2.13. The first kappa shape index (κ1) is 10.9. The molecule has 0 aliphatic carbocycles. The van der Waals surface area contributed by atoms with Gasteiger partial charge in [0.2, 0.25) is 0 Å². The summed E-state index contributed by atoms with van der Waals surface area (Å²) in [5.41, 5.74) is 0.542. The first-order valence-electron chi connectivity index (χ1n) is 4.59. The highest BCUT2D eigenvalue weighted by Crippen LogP contribution is 2.16. The predicted octanol–water partition coefficient (Wildman–Crippen LogP) is 2.17. The first-order chi connectivity index (χ1) is 7.20. The monoisotopic (exact) mass is 198 g/mol. The van der Waals surface area contributed by atoms with E-state index in [4.69, 9.17) is 10.5 Å². The van der Waals surface area contributed by atoms with Crippen molar-refractivity contribution in [2.75, 3.05) is 0 Å². The normalized spacial score (nSPS) is 11.5. The number of carbonyl (C=O) groups excluding carboxylic acids is 1. The molecule has 3 nitrogen and oxygen atoms in total. The van der Waals surface area contributed by atoms with Gasteiger partial charge in [0.25, 0.3) is 0 Å². The van der Waals surface area contributed by atoms with Crippen LogP contribution in [0.4, 0.5) is 0 Å². The van der Waals surface area contributed by atoms with Crippen molar-refractivity contribution in [3.8, 4) is 12.1 Å². The Morgan fingerprint density at radius 2 is 1.73 bits per heavy atom. The molecule has 1 aromatic carbocycles. The minimum absolute atomic E-state index is 0.163. The van der Waals surface area contributed by atoms with Crippen LogP contribution in [0.2, 0.25) is 0 Å². The molecule has 74 valence electrons. The summed E-state index contributed by atoms with van der Waals surface area (Å²) in [6.07, 6.45) is 0. The SMILES string of the molecule is CC(C(=O)c1ccccc1)C(C#N)C#N. The van der Waals surface area contributed by atoms with Gasteiger partial charge in [-0.1, -0.05) is 37.3 Å². The quantitative estimate of drug-likeness (QED) is 0.699. The summed E-state index contributed by atoms with van der Waals surface area (Å²) >= 11 is 0. The number of rotatable bonds is 3. The predicted molar refractivity (Wildman–Crippen MR) is 54.7 cm³/mol. The Labute approximate surface area is 88.6 Å². The van der Waals surface area contributed by atoms with Crippen LogP contribution in [0.5, 0.6) is 0 Å². The molecule has 0 bridgehead atoms. The zero-order chi connectivity index (χ0) is 11.3. The van der Waals surface area contributed by atoms with Crippen LogP contribution < -0.4 is 0 Å². The molecule has 0 radical (unpaired) electrons. The van der Waals surface area contributed by atoms with Crippen LogP contribution in [0.1, 0.15) is 17.3 Å². The lowest BCUT2D eigenvalue weighted by Gasteiger charge is -2.09. The van der Waals surface area contributed by atoms with Crippen molar-refractivity contribution in [2.45, 2.75) is 6.92 Å². The molecule has 0 aliphatic rings. The van der Waals surface area contributed by atoms with Gasteiger partial charge in [-0.25, -0.2) is 0 Å². The lowest BCUT2D eigenvalue weighted by molar-refractivity contribution is 0.0917. The van der Waals surface area contributed by atoms with E-state index in [1.165, 1.54) is 0 Å². The van der Waals surface area contributed by atoms with Gasteiger partial charge in [0, 0.05) is 11.5 Å². The summed E-state index contributed by atoms with van der Waals surface area (Å²) < 4.78 is 0. The molecule has 1 aromatic rings. The Morgan fingerprint density at radius 1 is 1.20 bits per heavy atom. The zero-order valence-electron chi connectivity index (χ0n) is 8.34. The van der Waals surface area contributed by atoms with Gasteiger partial charge in [-0.2, -0.15) is 10.5 Å². The van der Waals surface area contributed by atoms with Crippen molar-refractivity contribution < 1.29 is 4.79 Å². The van der Waals surface area contributed by atoms with Crippen molar-refractivity contribution in [2.24, 2.45) is 11.8 Å². The molecule has 0 heterocycles. The molecule has 0 amide bonds. The van der Waals surface area contributed by atoms with E-state index in [1.54, 1.807) is 31.2 Å². The van der Waals surface area contributed by atoms with Crippen molar-refractivity contribution in [1.82, 2.24) is 0 Å². The van der Waals surface area contributed by atoms with Crippen molar-refractivity contribution in [3.05, 3.63) is 35.9 Å². The highest BCUT2D eigenvalue weighted by Gasteiger charge is 2.24. The lowest BCUT2D eigenvalue weighted by Crippen LogP contribution is -2.18. The molecule has 0 aliphatic heterocycles. The molecule has 0 saturated carbocycles. The minimum atomic E-state index is -0.877. The molecular weight excluding hydrogens is 188 g/mol. The third kappa shape index (κ3) is 2.42. The summed E-state index contributed by atoms with van der Waals surface area (Å²) in [5, 5.41) is 17.3. The molecule has 3 heteroatoms. The fourth-order valence-electron chi connectivity index (χ4n) is 1.27. The van der Waals surface area contributed by atoms with E-state index in [-0.39, 0.29) is 5.78 Å². The standard InChI is InChI=1S/C12H10N2O/c1-9(11(7-13)8-14)12(15)10-5-3-2-4-6-10/h2-6,9,11H,1H3. The van der Waals surface area contributed by atoms with Gasteiger partial charge in [0.1, 0.15) is 5.92 Å². The van der Waals surface area contributed by atoms with E-state index in [9.17, 15) is 4.79 Å². The molecule has 0 spiro atoms. The fraction of sp³-hybridized carbons (Fsp3) is 0.250. The van der Waals surface area contributed by atoms with Crippen molar-refractivity contribution in [3.63, 3.8) is 0 Å². The third-order valence-corrected chi connectivity index (χ3v) is 2.25. The summed E-state index contributed by atoms with van der Waals surface area (Å²) in [5.74, 6) is -1.62. The van der Waals surface area contributed by atoms with E-state index < -0.39 is 11.8 Å². The molecule has 15 heavy (non-hydrogen) atoms. The highest BCUT2D eigenvalue weighted by atomic mass is 16.1. The van der Waals surface area contributed by atoms with Gasteiger partial charge in [0.15, 0.2) is 5.78 Å². The highest BCUT2D eigenvalue weighted by molar-refractivity contribution is 5.98. The van der Waals surface area contributed by atoms with E-state index in [0.29, 0.717) is 5.56 Å². The number of nitriles is 2. The molecule has 1 rings (SSSR count). The van der Waals surface area contributed by atoms with E-state index in [0.717, 1.165) is 0 Å².